The Labute approximate surface area is 212 Å². The van der Waals surface area contributed by atoms with Crippen LogP contribution < -0.4 is 10.6 Å². The number of hydrogen-bond acceptors (Lipinski definition) is 3. The molecule has 0 aromatic heterocycles. The molecule has 5 nitrogen and oxygen atoms in total. The van der Waals surface area contributed by atoms with Crippen molar-refractivity contribution in [3.8, 4) is 11.8 Å². The molecular weight excluding hydrogens is 436 g/mol. The van der Waals surface area contributed by atoms with Crippen LogP contribution in [0.1, 0.15) is 101 Å². The van der Waals surface area contributed by atoms with Gasteiger partial charge in [-0.1, -0.05) is 69.9 Å². The lowest BCUT2D eigenvalue weighted by atomic mass is 9.99. The second kappa shape index (κ2) is 15.0. The van der Waals surface area contributed by atoms with Gasteiger partial charge in [0.2, 0.25) is 0 Å². The van der Waals surface area contributed by atoms with Gasteiger partial charge in [0.1, 0.15) is 6.10 Å². The molecule has 1 atom stereocenters. The van der Waals surface area contributed by atoms with E-state index in [1.807, 2.05) is 81.4 Å². The van der Waals surface area contributed by atoms with E-state index in [-0.39, 0.29) is 29.3 Å². The molecule has 2 aromatic rings. The number of hydrogen-bond donors (Lipinski definition) is 3. The van der Waals surface area contributed by atoms with E-state index in [0.717, 1.165) is 0 Å². The molecule has 0 heterocycles. The first kappa shape index (κ1) is 31.9. The number of benzene rings is 2. The third-order valence-electron chi connectivity index (χ3n) is 4.20. The van der Waals surface area contributed by atoms with Crippen LogP contribution in [-0.4, -0.2) is 34.1 Å². The number of rotatable bonds is 4. The molecule has 0 spiro atoms. The molecule has 0 aliphatic carbocycles. The van der Waals surface area contributed by atoms with Crippen molar-refractivity contribution in [2.24, 2.45) is 0 Å². The Balaban J connectivity index is 0.00000274. The molecular formula is C30H44N2O3. The summed E-state index contributed by atoms with van der Waals surface area (Å²) in [5.41, 5.74) is 1.51. The Morgan fingerprint density at radius 3 is 1.71 bits per heavy atom. The van der Waals surface area contributed by atoms with Crippen molar-refractivity contribution >= 4 is 11.8 Å². The summed E-state index contributed by atoms with van der Waals surface area (Å²) in [5, 5.41) is 16.4. The van der Waals surface area contributed by atoms with Crippen molar-refractivity contribution in [2.75, 3.05) is 0 Å². The van der Waals surface area contributed by atoms with Gasteiger partial charge in [0.15, 0.2) is 0 Å². The molecule has 2 rings (SSSR count). The summed E-state index contributed by atoms with van der Waals surface area (Å²) in [5.74, 6) is 5.34. The zero-order chi connectivity index (χ0) is 27.2. The molecule has 2 amide bonds. The lowest BCUT2D eigenvalue weighted by Crippen LogP contribution is -2.41. The topological polar surface area (TPSA) is 78.4 Å². The molecule has 0 aliphatic heterocycles. The van der Waals surface area contributed by atoms with Crippen LogP contribution in [-0.2, 0) is 6.42 Å². The lowest BCUT2D eigenvalue weighted by molar-refractivity contribution is 0.0909. The standard InChI is InChI=1S/C26H32N2O3.2C2H6/c1-25(2,3)27-23(30)21-13-9-7-11-18(21)15-16-20(29)17-19-12-8-10-14-22(19)24(31)28-26(4,5)6;2*1-2/h7-14,20,29H,17H2,1-6H3,(H,27,30)(H,28,31);2*1-2H3. The van der Waals surface area contributed by atoms with Gasteiger partial charge in [-0.25, -0.2) is 0 Å². The smallest absolute Gasteiger partial charge is 0.252 e. The van der Waals surface area contributed by atoms with Crippen molar-refractivity contribution < 1.29 is 14.7 Å². The van der Waals surface area contributed by atoms with Gasteiger partial charge in [0, 0.05) is 28.6 Å². The zero-order valence-corrected chi connectivity index (χ0v) is 23.2. The minimum absolute atomic E-state index is 0.188. The highest BCUT2D eigenvalue weighted by molar-refractivity contribution is 5.97. The van der Waals surface area contributed by atoms with E-state index in [0.29, 0.717) is 22.3 Å². The van der Waals surface area contributed by atoms with Gasteiger partial charge >= 0.3 is 0 Å². The summed E-state index contributed by atoms with van der Waals surface area (Å²) in [6, 6.07) is 14.2. The Morgan fingerprint density at radius 1 is 0.771 bits per heavy atom. The van der Waals surface area contributed by atoms with Crippen LogP contribution in [0.15, 0.2) is 48.5 Å². The molecule has 192 valence electrons. The minimum Gasteiger partial charge on any atom is -0.380 e. The van der Waals surface area contributed by atoms with Crippen LogP contribution in [0.5, 0.6) is 0 Å². The number of aliphatic hydroxyl groups is 1. The van der Waals surface area contributed by atoms with Crippen molar-refractivity contribution in [1.29, 1.82) is 0 Å². The molecule has 3 N–H and O–H groups in total. The Bertz CT molecular complexity index is 1000. The van der Waals surface area contributed by atoms with E-state index in [9.17, 15) is 14.7 Å². The molecule has 1 unspecified atom stereocenters. The van der Waals surface area contributed by atoms with Crippen LogP contribution in [0.2, 0.25) is 0 Å². The van der Waals surface area contributed by atoms with Gasteiger partial charge in [-0.2, -0.15) is 0 Å². The van der Waals surface area contributed by atoms with E-state index >= 15 is 0 Å². The van der Waals surface area contributed by atoms with Gasteiger partial charge in [-0.3, -0.25) is 9.59 Å². The SMILES string of the molecule is CC.CC.CC(C)(C)NC(=O)c1ccccc1C#CC(O)Cc1ccccc1C(=O)NC(C)(C)C. The average molecular weight is 481 g/mol. The highest BCUT2D eigenvalue weighted by Gasteiger charge is 2.19. The van der Waals surface area contributed by atoms with Crippen molar-refractivity contribution in [2.45, 2.75) is 92.8 Å². The number of carbonyl (C=O) groups excluding carboxylic acids is 2. The zero-order valence-electron chi connectivity index (χ0n) is 23.2. The summed E-state index contributed by atoms with van der Waals surface area (Å²) in [6.45, 7) is 19.5. The summed E-state index contributed by atoms with van der Waals surface area (Å²) < 4.78 is 0. The second-order valence-electron chi connectivity index (χ2n) is 9.60. The predicted molar refractivity (Wildman–Crippen MR) is 147 cm³/mol. The fraction of sp³-hybridized carbons (Fsp3) is 0.467. The van der Waals surface area contributed by atoms with E-state index < -0.39 is 6.10 Å². The normalized spacial score (nSPS) is 11.3. The molecule has 0 saturated carbocycles. The molecule has 0 radical (unpaired) electrons. The summed E-state index contributed by atoms with van der Waals surface area (Å²) in [7, 11) is 0. The minimum atomic E-state index is -0.984. The molecule has 0 aliphatic rings. The van der Waals surface area contributed by atoms with Gasteiger partial charge in [-0.05, 0) is 65.3 Å². The first-order valence-electron chi connectivity index (χ1n) is 12.4. The van der Waals surface area contributed by atoms with E-state index in [1.165, 1.54) is 0 Å². The molecule has 0 bridgehead atoms. The van der Waals surface area contributed by atoms with Crippen molar-refractivity contribution in [3.05, 3.63) is 70.8 Å². The number of aliphatic hydroxyl groups excluding tert-OH is 1. The van der Waals surface area contributed by atoms with Gasteiger partial charge in [0.25, 0.3) is 11.8 Å². The van der Waals surface area contributed by atoms with E-state index in [1.54, 1.807) is 36.4 Å². The third-order valence-corrected chi connectivity index (χ3v) is 4.20. The first-order valence-corrected chi connectivity index (χ1v) is 12.4. The largest absolute Gasteiger partial charge is 0.380 e. The van der Waals surface area contributed by atoms with Gasteiger partial charge < -0.3 is 15.7 Å². The fourth-order valence-electron chi connectivity index (χ4n) is 2.95. The maximum atomic E-state index is 12.6. The van der Waals surface area contributed by atoms with Crippen LogP contribution in [0.4, 0.5) is 0 Å². The van der Waals surface area contributed by atoms with Gasteiger partial charge in [0.05, 0.1) is 5.56 Å². The molecule has 0 fully saturated rings. The average Bonchev–Trinajstić information content (AvgIpc) is 2.78. The molecule has 35 heavy (non-hydrogen) atoms. The number of nitrogens with one attached hydrogen (secondary N) is 2. The van der Waals surface area contributed by atoms with Crippen LogP contribution in [0.3, 0.4) is 0 Å². The monoisotopic (exact) mass is 480 g/mol. The molecule has 5 heteroatoms. The Hall–Kier alpha value is -3.10. The van der Waals surface area contributed by atoms with Crippen molar-refractivity contribution in [3.63, 3.8) is 0 Å². The second-order valence-corrected chi connectivity index (χ2v) is 9.60. The van der Waals surface area contributed by atoms with E-state index in [4.69, 9.17) is 0 Å². The fourth-order valence-corrected chi connectivity index (χ4v) is 2.95. The molecule has 0 saturated heterocycles. The highest BCUT2D eigenvalue weighted by atomic mass is 16.3. The third kappa shape index (κ3) is 12.2. The summed E-state index contributed by atoms with van der Waals surface area (Å²) in [6.07, 6.45) is -0.779. The van der Waals surface area contributed by atoms with Crippen LogP contribution in [0, 0.1) is 11.8 Å². The van der Waals surface area contributed by atoms with Crippen LogP contribution in [0.25, 0.3) is 0 Å². The highest BCUT2D eigenvalue weighted by Crippen LogP contribution is 2.14. The first-order chi connectivity index (χ1) is 16.4. The maximum Gasteiger partial charge on any atom is 0.252 e. The lowest BCUT2D eigenvalue weighted by Gasteiger charge is -2.21. The van der Waals surface area contributed by atoms with Crippen LogP contribution >= 0.6 is 0 Å². The number of carbonyl (C=O) groups is 2. The van der Waals surface area contributed by atoms with E-state index in [2.05, 4.69) is 22.5 Å². The number of amides is 2. The molecule has 2 aromatic carbocycles. The van der Waals surface area contributed by atoms with Gasteiger partial charge in [-0.15, -0.1) is 0 Å². The Kier molecular flexibility index (Phi) is 13.7. The van der Waals surface area contributed by atoms with Crippen molar-refractivity contribution in [1.82, 2.24) is 10.6 Å². The predicted octanol–water partition coefficient (Wildman–Crippen LogP) is 5.75. The Morgan fingerprint density at radius 2 is 1.20 bits per heavy atom. The quantitative estimate of drug-likeness (QED) is 0.488. The summed E-state index contributed by atoms with van der Waals surface area (Å²) in [4.78, 5) is 25.2. The summed E-state index contributed by atoms with van der Waals surface area (Å²) >= 11 is 0. The maximum absolute atomic E-state index is 12.6.